The van der Waals surface area contributed by atoms with Crippen molar-refractivity contribution in [2.24, 2.45) is 5.73 Å². The summed E-state index contributed by atoms with van der Waals surface area (Å²) in [4.78, 5) is 52.0. The first kappa shape index (κ1) is 39.6. The minimum absolute atomic E-state index is 0.278. The fourth-order valence-corrected chi connectivity index (χ4v) is 1.07. The molecule has 1 amide bonds. The fourth-order valence-electron chi connectivity index (χ4n) is 1.07. The van der Waals surface area contributed by atoms with E-state index in [1.165, 1.54) is 0 Å². The highest BCUT2D eigenvalue weighted by molar-refractivity contribution is 15.0. The van der Waals surface area contributed by atoms with Gasteiger partial charge < -0.3 is 40.2 Å². The molecule has 0 rings (SSSR count). The number of halogens is 2. The van der Waals surface area contributed by atoms with Crippen LogP contribution in [0.3, 0.4) is 0 Å². The maximum atomic E-state index is 11.0. The van der Waals surface area contributed by atoms with Gasteiger partial charge >= 0.3 is 30.3 Å². The summed E-state index contributed by atoms with van der Waals surface area (Å²) in [5.41, 5.74) is 2.59. The summed E-state index contributed by atoms with van der Waals surface area (Å²) in [6, 6.07) is 0. The number of nitrogens with two attached hydrogens (primary N) is 1. The molecule has 0 unspecified atom stereocenters. The number of carboxylic acids is 2. The van der Waals surface area contributed by atoms with Gasteiger partial charge in [-0.3, -0.25) is 9.59 Å². The minimum Gasteiger partial charge on any atom is -0.480 e. The molecule has 13 nitrogen and oxygen atoms in total. The lowest BCUT2D eigenvalue weighted by Crippen LogP contribution is -2.35. The zero-order valence-electron chi connectivity index (χ0n) is 20.8. The minimum atomic E-state index is -1.10. The first-order valence-electron chi connectivity index (χ1n) is 9.46. The highest BCUT2D eigenvalue weighted by Gasteiger charge is 2.24. The average Bonchev–Trinajstić information content (AvgIpc) is 2.57. The fraction of sp³-hybridized carbons (Fsp3) is 0.737. The zero-order chi connectivity index (χ0) is 28.3. The van der Waals surface area contributed by atoms with Gasteiger partial charge in [0.2, 0.25) is 0 Å². The van der Waals surface area contributed by atoms with Gasteiger partial charge in [-0.05, 0) is 62.3 Å². The van der Waals surface area contributed by atoms with Gasteiger partial charge in [0, 0.05) is 37.2 Å². The van der Waals surface area contributed by atoms with Gasteiger partial charge in [0.1, 0.15) is 23.3 Å². The van der Waals surface area contributed by atoms with E-state index in [1.54, 1.807) is 62.3 Å². The third-order valence-electron chi connectivity index (χ3n) is 1.90. The van der Waals surface area contributed by atoms with E-state index in [2.05, 4.69) is 53.0 Å². The van der Waals surface area contributed by atoms with Gasteiger partial charge in [-0.2, -0.15) is 0 Å². The lowest BCUT2D eigenvalue weighted by atomic mass is 10.2. The van der Waals surface area contributed by atoms with Crippen molar-refractivity contribution in [2.75, 3.05) is 13.1 Å². The van der Waals surface area contributed by atoms with Crippen LogP contribution in [0.1, 0.15) is 62.3 Å². The van der Waals surface area contributed by atoms with Crippen LogP contribution < -0.4 is 11.1 Å². The Bertz CT molecular complexity index is 612. The van der Waals surface area contributed by atoms with Crippen molar-refractivity contribution in [1.82, 2.24) is 5.32 Å². The maximum Gasteiger partial charge on any atom is 0.519 e. The standard InChI is InChI=1S/C10H18O5.C7H13NO4.C2H5NO2.I2/c1-9(2,3)14-7(11)13-8(12)15-10(4,5)6;1-7(2,3)12-6(11)8-4-5(9)10;3-1-2(4)5;1-2/h1-6H3;4H2,1-3H3,(H,8,11)(H,9,10);1,3H2,(H,4,5);. The van der Waals surface area contributed by atoms with E-state index in [9.17, 15) is 24.0 Å². The lowest BCUT2D eigenvalue weighted by molar-refractivity contribution is -0.136. The Hall–Kier alpha value is -1.63. The summed E-state index contributed by atoms with van der Waals surface area (Å²) in [5, 5.41) is 17.9. The number of amides is 1. The van der Waals surface area contributed by atoms with E-state index in [-0.39, 0.29) is 6.54 Å². The van der Waals surface area contributed by atoms with E-state index in [0.29, 0.717) is 0 Å². The van der Waals surface area contributed by atoms with Crippen LogP contribution in [-0.2, 0) is 28.5 Å². The Labute approximate surface area is 223 Å². The van der Waals surface area contributed by atoms with Gasteiger partial charge in [0.15, 0.2) is 0 Å². The van der Waals surface area contributed by atoms with Crippen LogP contribution in [0.15, 0.2) is 0 Å². The van der Waals surface area contributed by atoms with E-state index >= 15 is 0 Å². The molecule has 15 heteroatoms. The number of hydrogen-bond donors (Lipinski definition) is 4. The monoisotopic (exact) mass is 722 g/mol. The van der Waals surface area contributed by atoms with Crippen LogP contribution in [-0.4, -0.2) is 70.4 Å². The van der Waals surface area contributed by atoms with Crippen molar-refractivity contribution >= 4 is 67.6 Å². The second-order valence-corrected chi connectivity index (χ2v) is 8.88. The third-order valence-corrected chi connectivity index (χ3v) is 1.90. The first-order valence-corrected chi connectivity index (χ1v) is 15.7. The number of nitrogens with one attached hydrogen (secondary N) is 1. The number of rotatable bonds is 3. The molecule has 0 radical (unpaired) electrons. The number of ether oxygens (including phenoxy) is 4. The second kappa shape index (κ2) is 19.7. The van der Waals surface area contributed by atoms with E-state index in [0.717, 1.165) is 0 Å². The summed E-state index contributed by atoms with van der Waals surface area (Å²) in [6.45, 7) is 14.4. The smallest absolute Gasteiger partial charge is 0.480 e. The number of alkyl carbamates (subject to hydrolysis) is 1. The quantitative estimate of drug-likeness (QED) is 0.140. The van der Waals surface area contributed by atoms with Crippen LogP contribution in [0.2, 0.25) is 0 Å². The second-order valence-electron chi connectivity index (χ2n) is 8.88. The summed E-state index contributed by atoms with van der Waals surface area (Å²) < 4.78 is 18.6. The maximum absolute atomic E-state index is 11.0. The van der Waals surface area contributed by atoms with Crippen LogP contribution >= 0.6 is 37.2 Å². The molecule has 5 N–H and O–H groups in total. The van der Waals surface area contributed by atoms with Crippen LogP contribution in [0.4, 0.5) is 14.4 Å². The summed E-state index contributed by atoms with van der Waals surface area (Å²) in [5.74, 6) is -2.06. The highest BCUT2D eigenvalue weighted by Crippen LogP contribution is 2.11. The molecular weight excluding hydrogens is 686 g/mol. The van der Waals surface area contributed by atoms with Crippen molar-refractivity contribution in [3.05, 3.63) is 0 Å². The van der Waals surface area contributed by atoms with Gasteiger partial charge in [-0.15, -0.1) is 0 Å². The molecule has 0 spiro atoms. The summed E-state index contributed by atoms with van der Waals surface area (Å²) in [6.07, 6.45) is -2.83. The molecule has 0 atom stereocenters. The largest absolute Gasteiger partial charge is 0.519 e. The highest BCUT2D eigenvalue weighted by atomic mass is 128. The molecule has 0 aromatic rings. The lowest BCUT2D eigenvalue weighted by Gasteiger charge is -2.20. The van der Waals surface area contributed by atoms with E-state index < -0.39 is 53.7 Å². The Morgan fingerprint density at radius 3 is 1.21 bits per heavy atom. The Kier molecular flexibility index (Phi) is 22.9. The van der Waals surface area contributed by atoms with Crippen molar-refractivity contribution in [1.29, 1.82) is 0 Å². The van der Waals surface area contributed by atoms with Crippen LogP contribution in [0.25, 0.3) is 0 Å². The van der Waals surface area contributed by atoms with Gasteiger partial charge in [0.05, 0.1) is 6.54 Å². The molecule has 0 bridgehead atoms. The van der Waals surface area contributed by atoms with Crippen molar-refractivity contribution in [3.8, 4) is 0 Å². The molecule has 0 aliphatic rings. The molecular formula is C19H36I2N2O11. The topological polar surface area (TPSA) is 201 Å². The van der Waals surface area contributed by atoms with Gasteiger partial charge in [-0.25, -0.2) is 14.4 Å². The molecule has 0 heterocycles. The Balaban J connectivity index is -0.000000211. The molecule has 0 saturated carbocycles. The predicted octanol–water partition coefficient (Wildman–Crippen LogP) is 4.27. The Morgan fingerprint density at radius 1 is 0.706 bits per heavy atom. The number of aliphatic carboxylic acids is 2. The number of carbonyl (C=O) groups excluding carboxylic acids is 3. The molecule has 0 aliphatic carbocycles. The summed E-state index contributed by atoms with van der Waals surface area (Å²) >= 11 is 4.24. The van der Waals surface area contributed by atoms with Crippen LogP contribution in [0, 0.1) is 0 Å². The molecule has 0 aliphatic heterocycles. The molecule has 0 saturated heterocycles. The van der Waals surface area contributed by atoms with Crippen LogP contribution in [0.5, 0.6) is 0 Å². The normalized spacial score (nSPS) is 10.2. The molecule has 34 heavy (non-hydrogen) atoms. The van der Waals surface area contributed by atoms with Gasteiger partial charge in [0.25, 0.3) is 0 Å². The molecule has 202 valence electrons. The van der Waals surface area contributed by atoms with Crippen molar-refractivity contribution in [3.63, 3.8) is 0 Å². The summed E-state index contributed by atoms with van der Waals surface area (Å²) in [7, 11) is 0. The number of carboxylic acid groups (broad SMARTS) is 2. The predicted molar refractivity (Wildman–Crippen MR) is 140 cm³/mol. The van der Waals surface area contributed by atoms with E-state index in [4.69, 9.17) is 24.4 Å². The van der Waals surface area contributed by atoms with E-state index in [1.807, 2.05) is 0 Å². The first-order chi connectivity index (χ1) is 15.1. The van der Waals surface area contributed by atoms with Crippen molar-refractivity contribution < 1.29 is 53.1 Å². The molecule has 0 aromatic heterocycles. The zero-order valence-corrected chi connectivity index (χ0v) is 25.1. The Morgan fingerprint density at radius 2 is 1.00 bits per heavy atom. The van der Waals surface area contributed by atoms with Gasteiger partial charge in [-0.1, -0.05) is 0 Å². The number of hydrogen-bond acceptors (Lipinski definition) is 10. The molecule has 0 aromatic carbocycles. The molecule has 0 fully saturated rings. The van der Waals surface area contributed by atoms with Crippen molar-refractivity contribution in [2.45, 2.75) is 79.1 Å². The average molecular weight is 722 g/mol. The SMILES string of the molecule is CC(C)(C)OC(=O)NCC(=O)O.CC(C)(C)OC(=O)OC(=O)OC(C)(C)C.II.NCC(=O)O. The third kappa shape index (κ3) is 44.1. The number of carbonyl (C=O) groups is 5.